The number of aryl methyl sites for hydroxylation is 2. The van der Waals surface area contributed by atoms with Gasteiger partial charge in [0.15, 0.2) is 0 Å². The van der Waals surface area contributed by atoms with E-state index in [2.05, 4.69) is 15.9 Å². The van der Waals surface area contributed by atoms with E-state index in [0.717, 1.165) is 26.9 Å². The fourth-order valence-electron chi connectivity index (χ4n) is 3.59. The molecule has 4 rings (SSSR count). The van der Waals surface area contributed by atoms with Crippen LogP contribution in [0.5, 0.6) is 5.75 Å². The summed E-state index contributed by atoms with van der Waals surface area (Å²) in [6, 6.07) is 8.94. The number of benzene rings is 1. The van der Waals surface area contributed by atoms with Gasteiger partial charge < -0.3 is 14.2 Å². The molecule has 0 aliphatic rings. The van der Waals surface area contributed by atoms with Crippen LogP contribution in [0.4, 0.5) is 0 Å². The monoisotopic (exact) mass is 471 g/mol. The molecule has 0 aliphatic heterocycles. The molecule has 3 aromatic heterocycles. The Hall–Kier alpha value is -2.64. The van der Waals surface area contributed by atoms with E-state index < -0.39 is 5.97 Å². The topological polar surface area (TPSA) is 68.0 Å². The highest BCUT2D eigenvalue weighted by atomic mass is 79.9. The highest BCUT2D eigenvalue weighted by Gasteiger charge is 2.29. The summed E-state index contributed by atoms with van der Waals surface area (Å²) < 4.78 is 8.44. The number of ether oxygens (including phenoxy) is 1. The van der Waals surface area contributed by atoms with Gasteiger partial charge in [-0.25, -0.2) is 4.79 Å². The first-order valence-corrected chi connectivity index (χ1v) is 10.7. The predicted molar refractivity (Wildman–Crippen MR) is 117 cm³/mol. The van der Waals surface area contributed by atoms with Crippen molar-refractivity contribution in [3.8, 4) is 5.75 Å². The lowest BCUT2D eigenvalue weighted by Crippen LogP contribution is -2.08. The Morgan fingerprint density at radius 2 is 1.90 bits per heavy atom. The third-order valence-electron chi connectivity index (χ3n) is 4.75. The molecule has 0 spiro atoms. The predicted octanol–water partition coefficient (Wildman–Crippen LogP) is 5.65. The second-order valence-electron chi connectivity index (χ2n) is 6.81. The van der Waals surface area contributed by atoms with E-state index in [-0.39, 0.29) is 23.0 Å². The van der Waals surface area contributed by atoms with Crippen molar-refractivity contribution in [3.63, 3.8) is 0 Å². The Bertz CT molecular complexity index is 1280. The third-order valence-corrected chi connectivity index (χ3v) is 6.46. The van der Waals surface area contributed by atoms with Crippen LogP contribution in [0.25, 0.3) is 15.6 Å². The molecule has 0 amide bonds. The van der Waals surface area contributed by atoms with Crippen LogP contribution in [0.1, 0.15) is 43.8 Å². The average Bonchev–Trinajstić information content (AvgIpc) is 3.16. The number of hydrogen-bond acceptors (Lipinski definition) is 5. The molecule has 0 fully saturated rings. The molecule has 0 aliphatic carbocycles. The number of carbonyl (C=O) groups excluding carboxylic acids is 2. The fourth-order valence-corrected chi connectivity index (χ4v) is 5.05. The van der Waals surface area contributed by atoms with E-state index in [1.807, 2.05) is 26.1 Å². The van der Waals surface area contributed by atoms with E-state index in [0.29, 0.717) is 26.9 Å². The molecule has 7 heteroatoms. The lowest BCUT2D eigenvalue weighted by atomic mass is 10.1. The van der Waals surface area contributed by atoms with Crippen LogP contribution in [0.3, 0.4) is 0 Å². The molecule has 3 heterocycles. The largest absolute Gasteiger partial charge is 0.506 e. The van der Waals surface area contributed by atoms with Crippen LogP contribution in [0.15, 0.2) is 41.0 Å². The molecule has 0 atom stereocenters. The maximum absolute atomic E-state index is 13.0. The van der Waals surface area contributed by atoms with Crippen LogP contribution in [-0.2, 0) is 4.74 Å². The zero-order valence-electron chi connectivity index (χ0n) is 16.1. The Kier molecular flexibility index (Phi) is 4.96. The Labute approximate surface area is 179 Å². The highest BCUT2D eigenvalue weighted by molar-refractivity contribution is 9.10. The molecule has 0 unspecified atom stereocenters. The number of nitrogens with zero attached hydrogens (tertiary/aromatic N) is 1. The van der Waals surface area contributed by atoms with Crippen LogP contribution < -0.4 is 0 Å². The molecule has 0 radical (unpaired) electrons. The number of aromatic nitrogens is 1. The van der Waals surface area contributed by atoms with E-state index in [9.17, 15) is 14.7 Å². The van der Waals surface area contributed by atoms with Gasteiger partial charge in [-0.1, -0.05) is 22.0 Å². The average molecular weight is 472 g/mol. The third kappa shape index (κ3) is 3.14. The zero-order chi connectivity index (χ0) is 20.9. The van der Waals surface area contributed by atoms with E-state index >= 15 is 0 Å². The Balaban J connectivity index is 2.02. The number of pyridine rings is 1. The lowest BCUT2D eigenvalue weighted by molar-refractivity contribution is 0.0521. The molecule has 0 bridgehead atoms. The van der Waals surface area contributed by atoms with Gasteiger partial charge in [-0.2, -0.15) is 0 Å². The standard InChI is InChI=1S/C22H18BrNO4S/c1-4-28-22(27)17-20-15(16-12(3)9-11(2)10-24(16)17)19(26)21(29-20)18(25)13-5-7-14(23)8-6-13/h5-10,26H,4H2,1-3H3. The summed E-state index contributed by atoms with van der Waals surface area (Å²) in [4.78, 5) is 26.0. The number of fused-ring (bicyclic) bond motifs is 3. The van der Waals surface area contributed by atoms with Crippen molar-refractivity contribution in [2.45, 2.75) is 20.8 Å². The van der Waals surface area contributed by atoms with Gasteiger partial charge in [0.1, 0.15) is 16.3 Å². The molecule has 1 N–H and O–H groups in total. The first-order valence-electron chi connectivity index (χ1n) is 9.07. The van der Waals surface area contributed by atoms with Crippen molar-refractivity contribution in [3.05, 3.63) is 68.3 Å². The fraction of sp³-hybridized carbons (Fsp3) is 0.182. The summed E-state index contributed by atoms with van der Waals surface area (Å²) in [5.41, 5.74) is 3.39. The second-order valence-corrected chi connectivity index (χ2v) is 8.74. The van der Waals surface area contributed by atoms with Gasteiger partial charge in [-0.3, -0.25) is 4.79 Å². The number of ketones is 1. The van der Waals surface area contributed by atoms with Gasteiger partial charge in [0.2, 0.25) is 5.78 Å². The Morgan fingerprint density at radius 3 is 2.55 bits per heavy atom. The van der Waals surface area contributed by atoms with Gasteiger partial charge in [0, 0.05) is 16.2 Å². The van der Waals surface area contributed by atoms with Gasteiger partial charge in [0.25, 0.3) is 0 Å². The highest BCUT2D eigenvalue weighted by Crippen LogP contribution is 2.45. The summed E-state index contributed by atoms with van der Waals surface area (Å²) in [5.74, 6) is -0.863. The smallest absolute Gasteiger partial charge is 0.356 e. The molecule has 0 saturated carbocycles. The summed E-state index contributed by atoms with van der Waals surface area (Å²) in [7, 11) is 0. The molecule has 4 aromatic rings. The maximum atomic E-state index is 13.0. The van der Waals surface area contributed by atoms with Gasteiger partial charge in [-0.15, -0.1) is 11.3 Å². The van der Waals surface area contributed by atoms with Gasteiger partial charge in [0.05, 0.1) is 22.2 Å². The molecular formula is C22H18BrNO4S. The SMILES string of the molecule is CCOC(=O)c1c2sc(C(=O)c3ccc(Br)cc3)c(O)c2c2c(C)cc(C)cn12. The normalized spacial score (nSPS) is 11.3. The van der Waals surface area contributed by atoms with Crippen molar-refractivity contribution >= 4 is 54.6 Å². The maximum Gasteiger partial charge on any atom is 0.356 e. The van der Waals surface area contributed by atoms with Crippen LogP contribution in [0.2, 0.25) is 0 Å². The van der Waals surface area contributed by atoms with Crippen molar-refractivity contribution in [2.75, 3.05) is 6.61 Å². The number of aromatic hydroxyl groups is 1. The number of esters is 1. The van der Waals surface area contributed by atoms with Crippen LogP contribution in [0, 0.1) is 13.8 Å². The number of rotatable bonds is 4. The molecule has 5 nitrogen and oxygen atoms in total. The van der Waals surface area contributed by atoms with Crippen molar-refractivity contribution in [2.24, 2.45) is 0 Å². The van der Waals surface area contributed by atoms with E-state index in [4.69, 9.17) is 4.74 Å². The van der Waals surface area contributed by atoms with Crippen LogP contribution >= 0.6 is 27.3 Å². The lowest BCUT2D eigenvalue weighted by Gasteiger charge is -2.07. The minimum absolute atomic E-state index is 0.0991. The van der Waals surface area contributed by atoms with Gasteiger partial charge >= 0.3 is 5.97 Å². The van der Waals surface area contributed by atoms with E-state index in [1.165, 1.54) is 0 Å². The molecule has 29 heavy (non-hydrogen) atoms. The first kappa shape index (κ1) is 19.7. The van der Waals surface area contributed by atoms with Gasteiger partial charge in [-0.05, 0) is 56.2 Å². The van der Waals surface area contributed by atoms with Crippen molar-refractivity contribution in [1.82, 2.24) is 4.40 Å². The Morgan fingerprint density at radius 1 is 1.21 bits per heavy atom. The number of carbonyl (C=O) groups is 2. The molecule has 1 aromatic carbocycles. The number of thiophene rings is 1. The summed E-state index contributed by atoms with van der Waals surface area (Å²) in [6.07, 6.45) is 1.84. The summed E-state index contributed by atoms with van der Waals surface area (Å²) >= 11 is 4.48. The minimum atomic E-state index is -0.480. The molecule has 148 valence electrons. The van der Waals surface area contributed by atoms with Crippen molar-refractivity contribution in [1.29, 1.82) is 0 Å². The molecule has 0 saturated heterocycles. The summed E-state index contributed by atoms with van der Waals surface area (Å²) in [6.45, 7) is 5.85. The minimum Gasteiger partial charge on any atom is -0.506 e. The number of hydrogen-bond donors (Lipinski definition) is 1. The quantitative estimate of drug-likeness (QED) is 0.308. The zero-order valence-corrected chi connectivity index (χ0v) is 18.5. The molecular weight excluding hydrogens is 454 g/mol. The first-order chi connectivity index (χ1) is 13.8. The number of halogens is 1. The second kappa shape index (κ2) is 7.31. The summed E-state index contributed by atoms with van der Waals surface area (Å²) in [5, 5.41) is 11.5. The van der Waals surface area contributed by atoms with E-state index in [1.54, 1.807) is 35.6 Å². The van der Waals surface area contributed by atoms with Crippen LogP contribution in [-0.4, -0.2) is 27.9 Å². The van der Waals surface area contributed by atoms with Crippen molar-refractivity contribution < 1.29 is 19.4 Å².